The van der Waals surface area contributed by atoms with Crippen LogP contribution in [0.3, 0.4) is 0 Å². The minimum atomic E-state index is 0.592. The third-order valence-corrected chi connectivity index (χ3v) is 5.96. The minimum Gasteiger partial charge on any atom is -0.497 e. The van der Waals surface area contributed by atoms with Crippen molar-refractivity contribution in [3.8, 4) is 28.5 Å². The Morgan fingerprint density at radius 3 is 2.25 bits per heavy atom. The number of methoxy groups -OCH3 is 3. The van der Waals surface area contributed by atoms with E-state index in [1.165, 1.54) is 0 Å². The second-order valence-corrected chi connectivity index (χ2v) is 8.34. The Bertz CT molecular complexity index is 1490. The van der Waals surface area contributed by atoms with Gasteiger partial charge in [-0.05, 0) is 35.9 Å². The van der Waals surface area contributed by atoms with Crippen molar-refractivity contribution in [3.05, 3.63) is 84.8 Å². The van der Waals surface area contributed by atoms with Gasteiger partial charge in [-0.25, -0.2) is 4.98 Å². The van der Waals surface area contributed by atoms with E-state index in [1.54, 1.807) is 38.4 Å². The maximum absolute atomic E-state index is 5.55. The molecular weight excluding hydrogens is 454 g/mol. The Hall–Kier alpha value is -4.59. The molecule has 0 unspecified atom stereocenters. The van der Waals surface area contributed by atoms with Gasteiger partial charge in [0.25, 0.3) is 0 Å². The summed E-state index contributed by atoms with van der Waals surface area (Å²) in [5, 5.41) is 4.26. The van der Waals surface area contributed by atoms with Crippen molar-refractivity contribution in [2.45, 2.75) is 6.54 Å². The van der Waals surface area contributed by atoms with Crippen molar-refractivity contribution < 1.29 is 14.2 Å². The van der Waals surface area contributed by atoms with Gasteiger partial charge in [0.1, 0.15) is 17.2 Å². The Labute approximate surface area is 209 Å². The topological polar surface area (TPSA) is 74.5 Å². The Morgan fingerprint density at radius 2 is 1.56 bits per heavy atom. The summed E-state index contributed by atoms with van der Waals surface area (Å²) in [6.45, 7) is 0.592. The van der Waals surface area contributed by atoms with Crippen LogP contribution in [0.5, 0.6) is 17.2 Å². The van der Waals surface area contributed by atoms with Crippen molar-refractivity contribution in [1.82, 2.24) is 19.7 Å². The number of benzene rings is 3. The van der Waals surface area contributed by atoms with Crippen LogP contribution < -0.4 is 19.1 Å². The van der Waals surface area contributed by atoms with Crippen LogP contribution in [0, 0.1) is 0 Å². The number of nitrogens with zero attached hydrogens (tertiary/aromatic N) is 5. The highest BCUT2D eigenvalue weighted by Gasteiger charge is 2.16. The van der Waals surface area contributed by atoms with E-state index in [2.05, 4.69) is 21.0 Å². The summed E-state index contributed by atoms with van der Waals surface area (Å²) in [4.78, 5) is 11.7. The number of hydrogen-bond acceptors (Lipinski definition) is 7. The standard InChI is InChI=1S/C28H27N5O3/c1-32-18-20(15-30-32)28-16-29-26-9-8-21(13-27(26)31-28)33(17-19-6-5-7-23(10-19)34-2)22-11-24(35-3)14-25(12-22)36-4/h5-16,18H,17H2,1-4H3. The Balaban J connectivity index is 1.62. The Kier molecular flexibility index (Phi) is 6.40. The van der Waals surface area contributed by atoms with Crippen LogP contribution in [0.15, 0.2) is 79.3 Å². The number of rotatable bonds is 8. The van der Waals surface area contributed by atoms with Crippen molar-refractivity contribution in [3.63, 3.8) is 0 Å². The molecule has 8 nitrogen and oxygen atoms in total. The summed E-state index contributed by atoms with van der Waals surface area (Å²) in [7, 11) is 6.85. The number of anilines is 2. The summed E-state index contributed by atoms with van der Waals surface area (Å²) in [5.74, 6) is 2.22. The summed E-state index contributed by atoms with van der Waals surface area (Å²) in [5.41, 5.74) is 6.27. The zero-order chi connectivity index (χ0) is 25.1. The first-order valence-electron chi connectivity index (χ1n) is 11.5. The fourth-order valence-electron chi connectivity index (χ4n) is 4.09. The molecular formula is C28H27N5O3. The van der Waals surface area contributed by atoms with Crippen LogP contribution in [0.1, 0.15) is 5.56 Å². The Morgan fingerprint density at radius 1 is 0.778 bits per heavy atom. The molecule has 5 aromatic rings. The molecule has 0 fully saturated rings. The number of aryl methyl sites for hydroxylation is 1. The highest BCUT2D eigenvalue weighted by Crippen LogP contribution is 2.35. The summed E-state index contributed by atoms with van der Waals surface area (Å²) >= 11 is 0. The average Bonchev–Trinajstić information content (AvgIpc) is 3.37. The molecule has 0 spiro atoms. The quantitative estimate of drug-likeness (QED) is 0.294. The minimum absolute atomic E-state index is 0.592. The van der Waals surface area contributed by atoms with Gasteiger partial charge in [-0.1, -0.05) is 12.1 Å². The van der Waals surface area contributed by atoms with Crippen LogP contribution in [0.4, 0.5) is 11.4 Å². The molecule has 3 aromatic carbocycles. The lowest BCUT2D eigenvalue weighted by atomic mass is 10.1. The first-order chi connectivity index (χ1) is 17.6. The van der Waals surface area contributed by atoms with Gasteiger partial charge in [-0.2, -0.15) is 5.10 Å². The highest BCUT2D eigenvalue weighted by atomic mass is 16.5. The van der Waals surface area contributed by atoms with Crippen molar-refractivity contribution in [2.75, 3.05) is 26.2 Å². The van der Waals surface area contributed by atoms with Gasteiger partial charge in [0.2, 0.25) is 0 Å². The van der Waals surface area contributed by atoms with E-state index in [-0.39, 0.29) is 0 Å². The summed E-state index contributed by atoms with van der Waals surface area (Å²) < 4.78 is 18.3. The predicted octanol–water partition coefficient (Wildman–Crippen LogP) is 5.39. The van der Waals surface area contributed by atoms with Crippen LogP contribution in [-0.2, 0) is 13.6 Å². The zero-order valence-corrected chi connectivity index (χ0v) is 20.7. The van der Waals surface area contributed by atoms with Crippen molar-refractivity contribution in [1.29, 1.82) is 0 Å². The summed E-state index contributed by atoms with van der Waals surface area (Å²) in [6, 6.07) is 20.0. The van der Waals surface area contributed by atoms with E-state index in [4.69, 9.17) is 19.2 Å². The maximum atomic E-state index is 5.55. The van der Waals surface area contributed by atoms with Crippen LogP contribution >= 0.6 is 0 Å². The van der Waals surface area contributed by atoms with Gasteiger partial charge < -0.3 is 19.1 Å². The molecule has 0 radical (unpaired) electrons. The summed E-state index contributed by atoms with van der Waals surface area (Å²) in [6.07, 6.45) is 5.49. The number of fused-ring (bicyclic) bond motifs is 1. The SMILES string of the molecule is COc1cccc(CN(c2cc(OC)cc(OC)c2)c2ccc3ncc(-c4cnn(C)c4)nc3c2)c1. The van der Waals surface area contributed by atoms with E-state index >= 15 is 0 Å². The third kappa shape index (κ3) is 4.79. The lowest BCUT2D eigenvalue weighted by Crippen LogP contribution is -2.17. The zero-order valence-electron chi connectivity index (χ0n) is 20.7. The van der Waals surface area contributed by atoms with Crippen LogP contribution in [-0.4, -0.2) is 41.1 Å². The van der Waals surface area contributed by atoms with Crippen molar-refractivity contribution in [2.24, 2.45) is 7.05 Å². The predicted molar refractivity (Wildman–Crippen MR) is 140 cm³/mol. The number of ether oxygens (including phenoxy) is 3. The fourth-order valence-corrected chi connectivity index (χ4v) is 4.09. The fraction of sp³-hybridized carbons (Fsp3) is 0.179. The monoisotopic (exact) mass is 481 g/mol. The maximum Gasteiger partial charge on any atom is 0.124 e. The number of hydrogen-bond donors (Lipinski definition) is 0. The van der Waals surface area contributed by atoms with Crippen molar-refractivity contribution >= 4 is 22.4 Å². The lowest BCUT2D eigenvalue weighted by Gasteiger charge is -2.26. The molecule has 2 aromatic heterocycles. The number of aromatic nitrogens is 4. The van der Waals surface area contributed by atoms with Gasteiger partial charge in [-0.15, -0.1) is 0 Å². The molecule has 0 aliphatic heterocycles. The molecule has 0 N–H and O–H groups in total. The molecule has 0 bridgehead atoms. The van der Waals surface area contributed by atoms with Gasteiger partial charge in [0.05, 0.1) is 50.5 Å². The smallest absolute Gasteiger partial charge is 0.124 e. The van der Waals surface area contributed by atoms with Gasteiger partial charge in [0.15, 0.2) is 0 Å². The highest BCUT2D eigenvalue weighted by molar-refractivity contribution is 5.82. The van der Waals surface area contributed by atoms with E-state index in [9.17, 15) is 0 Å². The average molecular weight is 482 g/mol. The van der Waals surface area contributed by atoms with Crippen LogP contribution in [0.25, 0.3) is 22.3 Å². The molecule has 2 heterocycles. The molecule has 0 amide bonds. The largest absolute Gasteiger partial charge is 0.497 e. The lowest BCUT2D eigenvalue weighted by molar-refractivity contribution is 0.394. The molecule has 0 atom stereocenters. The molecule has 5 rings (SSSR count). The second kappa shape index (κ2) is 9.95. The first-order valence-corrected chi connectivity index (χ1v) is 11.5. The third-order valence-electron chi connectivity index (χ3n) is 5.96. The molecule has 36 heavy (non-hydrogen) atoms. The molecule has 0 aliphatic carbocycles. The molecule has 8 heteroatoms. The van der Waals surface area contributed by atoms with E-state index < -0.39 is 0 Å². The van der Waals surface area contributed by atoms with Gasteiger partial charge in [0, 0.05) is 54.9 Å². The first kappa shape index (κ1) is 23.2. The molecule has 0 aliphatic rings. The normalized spacial score (nSPS) is 10.9. The molecule has 182 valence electrons. The van der Waals surface area contributed by atoms with Gasteiger partial charge in [-0.3, -0.25) is 9.67 Å². The van der Waals surface area contributed by atoms with E-state index in [0.717, 1.165) is 45.0 Å². The van der Waals surface area contributed by atoms with E-state index in [1.807, 2.05) is 67.8 Å². The molecule has 0 saturated heterocycles. The van der Waals surface area contributed by atoms with Crippen LogP contribution in [0.2, 0.25) is 0 Å². The van der Waals surface area contributed by atoms with Gasteiger partial charge >= 0.3 is 0 Å². The molecule has 0 saturated carbocycles. The second-order valence-electron chi connectivity index (χ2n) is 8.34. The van der Waals surface area contributed by atoms with E-state index in [0.29, 0.717) is 18.0 Å².